The quantitative estimate of drug-likeness (QED) is 0.300. The standard InChI is InChI=1S/C27H18F2N4O3S/c28-20-7-6-17(14-37(34,35)23-5-1-3-16-9-12-36-27(16)23)24(29)19(20)13-22-18(4-2-10-30-22)25-26-21(8-11-31-26)32-15-33-25/h1-7,9-12,15H,8,13-14H2. The van der Waals surface area contributed by atoms with Crippen LogP contribution in [0.25, 0.3) is 22.2 Å². The van der Waals surface area contributed by atoms with E-state index in [2.05, 4.69) is 19.9 Å². The van der Waals surface area contributed by atoms with Crippen LogP contribution in [0.2, 0.25) is 0 Å². The summed E-state index contributed by atoms with van der Waals surface area (Å²) in [5.74, 6) is -2.39. The molecule has 10 heteroatoms. The second kappa shape index (κ2) is 8.97. The number of para-hydroxylation sites is 1. The Kier molecular flexibility index (Phi) is 5.60. The van der Waals surface area contributed by atoms with Gasteiger partial charge in [0.1, 0.15) is 34.2 Å². The number of pyridine rings is 1. The first-order valence-electron chi connectivity index (χ1n) is 11.4. The number of benzene rings is 2. The van der Waals surface area contributed by atoms with Crippen LogP contribution in [0.15, 0.2) is 81.6 Å². The molecular formula is C27H18F2N4O3S. The van der Waals surface area contributed by atoms with Gasteiger partial charge in [0.15, 0.2) is 15.4 Å². The van der Waals surface area contributed by atoms with Crippen LogP contribution in [0, 0.1) is 11.6 Å². The first kappa shape index (κ1) is 23.1. The number of fused-ring (bicyclic) bond motifs is 2. The Balaban J connectivity index is 1.38. The maximum Gasteiger partial charge on any atom is 0.186 e. The van der Waals surface area contributed by atoms with Crippen LogP contribution in [0.4, 0.5) is 14.5 Å². The molecule has 2 aromatic carbocycles. The van der Waals surface area contributed by atoms with Crippen molar-refractivity contribution in [2.75, 3.05) is 0 Å². The van der Waals surface area contributed by atoms with E-state index in [1.54, 1.807) is 36.5 Å². The van der Waals surface area contributed by atoms with Crippen LogP contribution in [0.5, 0.6) is 0 Å². The van der Waals surface area contributed by atoms with Gasteiger partial charge in [0, 0.05) is 47.3 Å². The third-order valence-corrected chi connectivity index (χ3v) is 7.96. The molecular weight excluding hydrogens is 498 g/mol. The van der Waals surface area contributed by atoms with Gasteiger partial charge in [-0.15, -0.1) is 0 Å². The lowest BCUT2D eigenvalue weighted by Gasteiger charge is -2.13. The third kappa shape index (κ3) is 4.09. The molecule has 0 N–H and O–H groups in total. The van der Waals surface area contributed by atoms with Gasteiger partial charge in [0.25, 0.3) is 0 Å². The fraction of sp³-hybridized carbons (Fsp3) is 0.111. The Bertz CT molecular complexity index is 1820. The van der Waals surface area contributed by atoms with E-state index in [-0.39, 0.29) is 28.0 Å². The molecule has 0 unspecified atom stereocenters. The Morgan fingerprint density at radius 1 is 0.973 bits per heavy atom. The number of aliphatic imine (C=N–C) groups is 1. The summed E-state index contributed by atoms with van der Waals surface area (Å²) in [6.07, 6.45) is 6.43. The van der Waals surface area contributed by atoms with Crippen molar-refractivity contribution in [3.63, 3.8) is 0 Å². The Hall–Kier alpha value is -4.31. The summed E-state index contributed by atoms with van der Waals surface area (Å²) in [4.78, 5) is 17.3. The zero-order valence-corrected chi connectivity index (χ0v) is 20.0. The van der Waals surface area contributed by atoms with Gasteiger partial charge in [-0.2, -0.15) is 0 Å². The molecule has 7 nitrogen and oxygen atoms in total. The second-order valence-corrected chi connectivity index (χ2v) is 10.5. The molecule has 0 saturated carbocycles. The predicted molar refractivity (Wildman–Crippen MR) is 133 cm³/mol. The minimum atomic E-state index is -4.00. The van der Waals surface area contributed by atoms with Crippen molar-refractivity contribution in [3.05, 3.63) is 101 Å². The molecule has 184 valence electrons. The molecule has 0 fully saturated rings. The Morgan fingerprint density at radius 2 is 1.86 bits per heavy atom. The summed E-state index contributed by atoms with van der Waals surface area (Å²) >= 11 is 0. The topological polar surface area (TPSA) is 98.3 Å². The van der Waals surface area contributed by atoms with E-state index in [1.165, 1.54) is 24.9 Å². The third-order valence-electron chi connectivity index (χ3n) is 6.28. The highest BCUT2D eigenvalue weighted by Gasteiger charge is 2.25. The fourth-order valence-corrected chi connectivity index (χ4v) is 6.02. The van der Waals surface area contributed by atoms with Crippen LogP contribution >= 0.6 is 0 Å². The summed E-state index contributed by atoms with van der Waals surface area (Å²) in [6.45, 7) is 0. The molecule has 0 saturated heterocycles. The van der Waals surface area contributed by atoms with E-state index < -0.39 is 27.2 Å². The molecule has 0 atom stereocenters. The lowest BCUT2D eigenvalue weighted by atomic mass is 9.99. The van der Waals surface area contributed by atoms with Crippen molar-refractivity contribution in [3.8, 4) is 11.3 Å². The van der Waals surface area contributed by atoms with E-state index in [9.17, 15) is 12.8 Å². The van der Waals surface area contributed by atoms with Crippen molar-refractivity contribution in [1.29, 1.82) is 0 Å². The van der Waals surface area contributed by atoms with Crippen LogP contribution in [0.3, 0.4) is 0 Å². The van der Waals surface area contributed by atoms with Gasteiger partial charge < -0.3 is 4.42 Å². The van der Waals surface area contributed by atoms with E-state index in [0.717, 1.165) is 17.8 Å². The van der Waals surface area contributed by atoms with Gasteiger partial charge in [-0.3, -0.25) is 9.98 Å². The summed E-state index contributed by atoms with van der Waals surface area (Å²) in [5.41, 5.74) is 2.60. The average Bonchev–Trinajstić information content (AvgIpc) is 3.58. The van der Waals surface area contributed by atoms with Gasteiger partial charge in [-0.1, -0.05) is 18.2 Å². The lowest BCUT2D eigenvalue weighted by molar-refractivity contribution is 0.549. The highest BCUT2D eigenvalue weighted by atomic mass is 32.2. The lowest BCUT2D eigenvalue weighted by Crippen LogP contribution is -2.10. The van der Waals surface area contributed by atoms with Crippen molar-refractivity contribution >= 4 is 32.7 Å². The molecule has 0 spiro atoms. The van der Waals surface area contributed by atoms with E-state index >= 15 is 4.39 Å². The van der Waals surface area contributed by atoms with E-state index in [4.69, 9.17) is 4.42 Å². The summed E-state index contributed by atoms with van der Waals surface area (Å²) in [7, 11) is -4.00. The largest absolute Gasteiger partial charge is 0.463 e. The first-order valence-corrected chi connectivity index (χ1v) is 13.0. The monoisotopic (exact) mass is 516 g/mol. The van der Waals surface area contributed by atoms with Crippen molar-refractivity contribution in [2.24, 2.45) is 4.99 Å². The second-order valence-electron chi connectivity index (χ2n) is 8.56. The van der Waals surface area contributed by atoms with Gasteiger partial charge in [0.2, 0.25) is 0 Å². The smallest absolute Gasteiger partial charge is 0.186 e. The Morgan fingerprint density at radius 3 is 2.76 bits per heavy atom. The van der Waals surface area contributed by atoms with Crippen LogP contribution in [-0.2, 0) is 28.4 Å². The normalized spacial score (nSPS) is 12.8. The zero-order valence-electron chi connectivity index (χ0n) is 19.2. The fourth-order valence-electron chi connectivity index (χ4n) is 4.50. The minimum absolute atomic E-state index is 0.0505. The molecule has 4 heterocycles. The van der Waals surface area contributed by atoms with Crippen LogP contribution in [0.1, 0.15) is 22.5 Å². The van der Waals surface area contributed by atoms with Crippen molar-refractivity contribution < 1.29 is 21.6 Å². The summed E-state index contributed by atoms with van der Waals surface area (Å²) < 4.78 is 62.3. The molecule has 6 rings (SSSR count). The van der Waals surface area contributed by atoms with Gasteiger partial charge in [0.05, 0.1) is 23.4 Å². The van der Waals surface area contributed by atoms with Crippen molar-refractivity contribution in [1.82, 2.24) is 15.0 Å². The number of hydrogen-bond acceptors (Lipinski definition) is 7. The number of furan rings is 1. The molecule has 1 aliphatic heterocycles. The maximum absolute atomic E-state index is 15.7. The van der Waals surface area contributed by atoms with Crippen LogP contribution in [-0.4, -0.2) is 29.6 Å². The van der Waals surface area contributed by atoms with Gasteiger partial charge in [-0.25, -0.2) is 27.2 Å². The molecule has 5 aromatic rings. The van der Waals surface area contributed by atoms with E-state index in [0.29, 0.717) is 34.4 Å². The summed E-state index contributed by atoms with van der Waals surface area (Å²) in [6, 6.07) is 12.1. The molecule has 0 radical (unpaired) electrons. The average molecular weight is 517 g/mol. The van der Waals surface area contributed by atoms with E-state index in [1.807, 2.05) is 0 Å². The molecule has 0 amide bonds. The highest BCUT2D eigenvalue weighted by molar-refractivity contribution is 7.90. The Labute approximate surface area is 210 Å². The number of aromatic nitrogens is 3. The SMILES string of the molecule is O=S(=O)(Cc1ccc(F)c(Cc2ncccc2-c2ncnc3c2N=CC3)c1F)c1cccc2ccoc12. The first-order chi connectivity index (χ1) is 17.9. The number of hydrogen-bond donors (Lipinski definition) is 0. The maximum atomic E-state index is 15.7. The molecule has 3 aromatic heterocycles. The number of rotatable bonds is 6. The number of sulfone groups is 1. The minimum Gasteiger partial charge on any atom is -0.463 e. The van der Waals surface area contributed by atoms with Crippen molar-refractivity contribution in [2.45, 2.75) is 23.5 Å². The highest BCUT2D eigenvalue weighted by Crippen LogP contribution is 2.35. The number of halogens is 2. The predicted octanol–water partition coefficient (Wildman–Crippen LogP) is 5.39. The number of nitrogens with zero attached hydrogens (tertiary/aromatic N) is 4. The molecule has 0 bridgehead atoms. The van der Waals surface area contributed by atoms with Gasteiger partial charge >= 0.3 is 0 Å². The molecule has 0 aliphatic carbocycles. The molecule has 37 heavy (non-hydrogen) atoms. The summed E-state index contributed by atoms with van der Waals surface area (Å²) in [5, 5.41) is 0.615. The zero-order chi connectivity index (χ0) is 25.6. The molecule has 1 aliphatic rings. The van der Waals surface area contributed by atoms with Gasteiger partial charge in [-0.05, 0) is 30.3 Å². The van der Waals surface area contributed by atoms with Crippen LogP contribution < -0.4 is 0 Å².